The molecule has 3 aromatic rings. The van der Waals surface area contributed by atoms with E-state index in [0.717, 1.165) is 28.5 Å². The van der Waals surface area contributed by atoms with Crippen LogP contribution in [0, 0.1) is 0 Å². The number of hydrogen-bond donors (Lipinski definition) is 0. The maximum Gasteiger partial charge on any atom is 0.312 e. The van der Waals surface area contributed by atoms with Crippen LogP contribution in [-0.2, 0) is 17.8 Å². The van der Waals surface area contributed by atoms with Crippen LogP contribution in [0.2, 0.25) is 0 Å². The van der Waals surface area contributed by atoms with Crippen molar-refractivity contribution in [1.29, 1.82) is 0 Å². The van der Waals surface area contributed by atoms with Gasteiger partial charge in [0.05, 0.1) is 17.5 Å². The molecule has 3 aliphatic rings. The molecule has 6 rings (SSSR count). The molecule has 0 N–H and O–H groups in total. The molecule has 1 atom stereocenters. The number of aryl methyl sites for hydroxylation is 2. The smallest absolute Gasteiger partial charge is 0.312 e. The molecule has 0 radical (unpaired) electrons. The maximum absolute atomic E-state index is 13.5. The lowest BCUT2D eigenvalue weighted by molar-refractivity contribution is -0.135. The average Bonchev–Trinajstić information content (AvgIpc) is 3.32. The van der Waals surface area contributed by atoms with E-state index in [2.05, 4.69) is 0 Å². The molecule has 4 heterocycles. The quantitative estimate of drug-likeness (QED) is 0.344. The molecule has 0 aliphatic carbocycles. The highest BCUT2D eigenvalue weighted by Crippen LogP contribution is 2.49. The Morgan fingerprint density at radius 1 is 1.06 bits per heavy atom. The summed E-state index contributed by atoms with van der Waals surface area (Å²) in [5, 5.41) is 0.972. The van der Waals surface area contributed by atoms with Crippen LogP contribution in [0.3, 0.4) is 0 Å². The van der Waals surface area contributed by atoms with E-state index in [0.29, 0.717) is 34.7 Å². The highest BCUT2D eigenvalue weighted by molar-refractivity contribution is 6.13. The van der Waals surface area contributed by atoms with Gasteiger partial charge in [0.25, 0.3) is 5.56 Å². The Hall–Kier alpha value is -3.67. The zero-order valence-electron chi connectivity index (χ0n) is 17.2. The van der Waals surface area contributed by atoms with E-state index in [-0.39, 0.29) is 23.5 Å². The highest BCUT2D eigenvalue weighted by atomic mass is 16.5. The van der Waals surface area contributed by atoms with Gasteiger partial charge in [-0.15, -0.1) is 0 Å². The number of ketones is 1. The molecule has 0 unspecified atom stereocenters. The van der Waals surface area contributed by atoms with Gasteiger partial charge in [-0.3, -0.25) is 14.4 Å². The van der Waals surface area contributed by atoms with E-state index in [4.69, 9.17) is 9.47 Å². The standard InChI is InChI=1S/C25H19NO5/c1-12(2)23-22(28)15-6-7-18-20(24(15)31-23)16(11-19(27)30-18)17-10-14-5-3-4-13-8-9-26(21(13)14)25(17)29/h3-7,10,16H,8-9,11H2,1-2H3/t16-/m1/s1. The zero-order valence-corrected chi connectivity index (χ0v) is 17.2. The van der Waals surface area contributed by atoms with E-state index in [1.54, 1.807) is 16.7 Å². The molecule has 6 nitrogen and oxygen atoms in total. The Morgan fingerprint density at radius 3 is 2.71 bits per heavy atom. The molecule has 31 heavy (non-hydrogen) atoms. The summed E-state index contributed by atoms with van der Waals surface area (Å²) in [6.07, 6.45) is 0.835. The summed E-state index contributed by atoms with van der Waals surface area (Å²) in [6.45, 7) is 4.26. The van der Waals surface area contributed by atoms with Gasteiger partial charge >= 0.3 is 5.97 Å². The van der Waals surface area contributed by atoms with Crippen LogP contribution in [0.15, 0.2) is 52.5 Å². The number of benzene rings is 2. The van der Waals surface area contributed by atoms with Crippen LogP contribution in [0.4, 0.5) is 0 Å². The molecule has 2 aromatic carbocycles. The minimum Gasteiger partial charge on any atom is -0.452 e. The summed E-state index contributed by atoms with van der Waals surface area (Å²) in [6, 6.07) is 11.2. The summed E-state index contributed by atoms with van der Waals surface area (Å²) in [7, 11) is 0. The summed E-state index contributed by atoms with van der Waals surface area (Å²) >= 11 is 0. The first kappa shape index (κ1) is 18.1. The number of Topliss-reactive ketones (excluding diaryl/α,β-unsaturated/α-hetero) is 1. The van der Waals surface area contributed by atoms with Crippen molar-refractivity contribution < 1.29 is 19.1 Å². The second-order valence-corrected chi connectivity index (χ2v) is 8.51. The van der Waals surface area contributed by atoms with Crippen molar-refractivity contribution in [1.82, 2.24) is 4.57 Å². The van der Waals surface area contributed by atoms with Crippen molar-refractivity contribution in [3.63, 3.8) is 0 Å². The van der Waals surface area contributed by atoms with Gasteiger partial charge in [-0.05, 0) is 55.0 Å². The fourth-order valence-electron chi connectivity index (χ4n) is 5.03. The topological polar surface area (TPSA) is 74.6 Å². The number of para-hydroxylation sites is 1. The number of carbonyl (C=O) groups is 2. The third-order valence-electron chi connectivity index (χ3n) is 6.41. The normalized spacial score (nSPS) is 18.6. The van der Waals surface area contributed by atoms with Gasteiger partial charge in [-0.25, -0.2) is 0 Å². The highest BCUT2D eigenvalue weighted by Gasteiger charge is 2.40. The Labute approximate surface area is 177 Å². The fraction of sp³-hybridized carbons (Fsp3) is 0.240. The van der Waals surface area contributed by atoms with Gasteiger partial charge in [0.1, 0.15) is 11.5 Å². The lowest BCUT2D eigenvalue weighted by atomic mass is 9.84. The number of carbonyl (C=O) groups excluding carboxylic acids is 2. The predicted molar refractivity (Wildman–Crippen MR) is 114 cm³/mol. The zero-order chi connectivity index (χ0) is 21.4. The summed E-state index contributed by atoms with van der Waals surface area (Å²) in [4.78, 5) is 38.8. The first-order valence-corrected chi connectivity index (χ1v) is 10.4. The third-order valence-corrected chi connectivity index (χ3v) is 6.41. The van der Waals surface area contributed by atoms with Gasteiger partial charge in [-0.1, -0.05) is 18.2 Å². The summed E-state index contributed by atoms with van der Waals surface area (Å²) in [5.41, 5.74) is 4.35. The molecule has 1 aromatic heterocycles. The van der Waals surface area contributed by atoms with Crippen molar-refractivity contribution in [3.05, 3.63) is 80.3 Å². The van der Waals surface area contributed by atoms with E-state index in [1.807, 2.05) is 38.1 Å². The third kappa shape index (κ3) is 2.42. The number of fused-ring (bicyclic) bond motifs is 3. The number of pyridine rings is 1. The molecule has 154 valence electrons. The van der Waals surface area contributed by atoms with Crippen molar-refractivity contribution >= 4 is 22.7 Å². The Balaban J connectivity index is 1.62. The minimum atomic E-state index is -0.541. The largest absolute Gasteiger partial charge is 0.452 e. The van der Waals surface area contributed by atoms with E-state index in [1.165, 1.54) is 0 Å². The number of nitrogens with zero attached hydrogens (tertiary/aromatic N) is 1. The lowest BCUT2D eigenvalue weighted by Gasteiger charge is -2.26. The van der Waals surface area contributed by atoms with Crippen LogP contribution in [0.25, 0.3) is 10.9 Å². The molecular formula is C25H19NO5. The van der Waals surface area contributed by atoms with Crippen LogP contribution < -0.4 is 15.0 Å². The number of aromatic nitrogens is 1. The Kier molecular flexibility index (Phi) is 3.61. The lowest BCUT2D eigenvalue weighted by Crippen LogP contribution is -2.29. The molecule has 6 heteroatoms. The van der Waals surface area contributed by atoms with Crippen LogP contribution in [0.5, 0.6) is 11.5 Å². The van der Waals surface area contributed by atoms with Gasteiger partial charge in [0.2, 0.25) is 5.78 Å². The van der Waals surface area contributed by atoms with Crippen molar-refractivity contribution in [2.24, 2.45) is 0 Å². The first-order chi connectivity index (χ1) is 14.9. The monoisotopic (exact) mass is 413 g/mol. The SMILES string of the molecule is CC(C)=C1Oc2c(ccc3c2[C@@H](c2cc4cccc5c4n(c2=O)CC5)CC(=O)O3)C1=O. The summed E-state index contributed by atoms with van der Waals surface area (Å²) < 4.78 is 13.3. The Morgan fingerprint density at radius 2 is 1.90 bits per heavy atom. The number of esters is 1. The molecule has 3 aliphatic heterocycles. The second kappa shape index (κ2) is 6.17. The number of allylic oxidation sites excluding steroid dienone is 2. The van der Waals surface area contributed by atoms with E-state index in [9.17, 15) is 14.4 Å². The Bertz CT molecular complexity index is 1440. The second-order valence-electron chi connectivity index (χ2n) is 8.51. The van der Waals surface area contributed by atoms with E-state index >= 15 is 0 Å². The van der Waals surface area contributed by atoms with Gasteiger partial charge in [-0.2, -0.15) is 0 Å². The van der Waals surface area contributed by atoms with Gasteiger partial charge in [0.15, 0.2) is 5.76 Å². The fourth-order valence-corrected chi connectivity index (χ4v) is 5.03. The number of hydrogen-bond acceptors (Lipinski definition) is 5. The average molecular weight is 413 g/mol. The molecule has 0 spiro atoms. The molecule has 0 saturated heterocycles. The van der Waals surface area contributed by atoms with Gasteiger partial charge in [0, 0.05) is 23.6 Å². The predicted octanol–water partition coefficient (Wildman–Crippen LogP) is 3.87. The van der Waals surface area contributed by atoms with Crippen LogP contribution in [0.1, 0.15) is 53.2 Å². The molecule has 0 bridgehead atoms. The van der Waals surface area contributed by atoms with E-state index < -0.39 is 11.9 Å². The molecule has 0 saturated carbocycles. The number of rotatable bonds is 1. The van der Waals surface area contributed by atoms with Gasteiger partial charge < -0.3 is 14.0 Å². The minimum absolute atomic E-state index is 0.0194. The number of ether oxygens (including phenoxy) is 2. The van der Waals surface area contributed by atoms with Crippen molar-refractivity contribution in [3.8, 4) is 11.5 Å². The molecule has 0 amide bonds. The molecular weight excluding hydrogens is 394 g/mol. The van der Waals surface area contributed by atoms with Crippen molar-refractivity contribution in [2.75, 3.05) is 0 Å². The summed E-state index contributed by atoms with van der Waals surface area (Å²) in [5.74, 6) is -0.105. The van der Waals surface area contributed by atoms with Crippen molar-refractivity contribution in [2.45, 2.75) is 39.2 Å². The maximum atomic E-state index is 13.5. The van der Waals surface area contributed by atoms with Crippen LogP contribution >= 0.6 is 0 Å². The first-order valence-electron chi connectivity index (χ1n) is 10.4. The van der Waals surface area contributed by atoms with Crippen LogP contribution in [-0.4, -0.2) is 16.3 Å². The molecule has 0 fully saturated rings.